The average Bonchev–Trinajstić information content (AvgIpc) is 2.89. The van der Waals surface area contributed by atoms with Crippen molar-refractivity contribution in [3.8, 4) is 11.4 Å². The number of hydrogen-bond donors (Lipinski definition) is 0. The molecule has 1 aliphatic heterocycles. The van der Waals surface area contributed by atoms with Crippen LogP contribution in [0.3, 0.4) is 0 Å². The Balaban J connectivity index is 1.90. The number of carbonyl (C=O) groups is 1. The van der Waals surface area contributed by atoms with E-state index in [1.54, 1.807) is 12.1 Å². The second-order valence-electron chi connectivity index (χ2n) is 6.85. The van der Waals surface area contributed by atoms with Crippen molar-refractivity contribution < 1.29 is 9.72 Å². The van der Waals surface area contributed by atoms with Crippen LogP contribution in [0.5, 0.6) is 0 Å². The Kier molecular flexibility index (Phi) is 6.18. The molecule has 28 heavy (non-hydrogen) atoms. The zero-order chi connectivity index (χ0) is 20.1. The van der Waals surface area contributed by atoms with Crippen molar-refractivity contribution in [3.05, 3.63) is 46.1 Å². The summed E-state index contributed by atoms with van der Waals surface area (Å²) in [6, 6.07) is 8.16. The van der Waals surface area contributed by atoms with Crippen molar-refractivity contribution in [2.45, 2.75) is 33.1 Å². The molecule has 0 N–H and O–H groups in total. The third-order valence-electron chi connectivity index (χ3n) is 4.82. The van der Waals surface area contributed by atoms with Crippen LogP contribution in [0.1, 0.15) is 32.4 Å². The van der Waals surface area contributed by atoms with E-state index >= 15 is 0 Å². The molecule has 0 aliphatic carbocycles. The largest absolute Gasteiger partial charge is 0.347 e. The number of carbonyl (C=O) groups excluding carboxylic acids is 1. The highest BCUT2D eigenvalue weighted by atomic mass is 16.6. The van der Waals surface area contributed by atoms with E-state index in [-0.39, 0.29) is 11.6 Å². The van der Waals surface area contributed by atoms with E-state index in [0.29, 0.717) is 12.4 Å². The quantitative estimate of drug-likeness (QED) is 0.562. The summed E-state index contributed by atoms with van der Waals surface area (Å²) < 4.78 is 0. The maximum absolute atomic E-state index is 12.6. The molecular weight excluding hydrogens is 358 g/mol. The summed E-state index contributed by atoms with van der Waals surface area (Å²) >= 11 is 0. The molecule has 0 atom stereocenters. The monoisotopic (exact) mass is 383 g/mol. The average molecular weight is 383 g/mol. The Morgan fingerprint density at radius 3 is 2.54 bits per heavy atom. The normalized spacial score (nSPS) is 14.9. The van der Waals surface area contributed by atoms with Gasteiger partial charge in [0.25, 0.3) is 5.69 Å². The summed E-state index contributed by atoms with van der Waals surface area (Å²) in [4.78, 5) is 36.2. The van der Waals surface area contributed by atoms with E-state index in [9.17, 15) is 14.9 Å². The second-order valence-corrected chi connectivity index (χ2v) is 6.85. The highest BCUT2D eigenvalue weighted by Crippen LogP contribution is 2.24. The van der Waals surface area contributed by atoms with Gasteiger partial charge in [0.2, 0.25) is 5.91 Å². The maximum atomic E-state index is 12.6. The lowest BCUT2D eigenvalue weighted by atomic mass is 10.2. The predicted octanol–water partition coefficient (Wildman–Crippen LogP) is 3.06. The molecule has 3 rings (SSSR count). The van der Waals surface area contributed by atoms with Gasteiger partial charge in [0.15, 0.2) is 5.82 Å². The van der Waals surface area contributed by atoms with E-state index in [1.165, 1.54) is 12.1 Å². The van der Waals surface area contributed by atoms with Crippen molar-refractivity contribution in [1.82, 2.24) is 14.9 Å². The van der Waals surface area contributed by atoms with E-state index in [2.05, 4.69) is 16.9 Å². The number of nitro benzene ring substituents is 1. The molecule has 2 heterocycles. The number of amides is 1. The lowest BCUT2D eigenvalue weighted by Crippen LogP contribution is -2.37. The minimum Gasteiger partial charge on any atom is -0.347 e. The minimum atomic E-state index is -0.427. The second kappa shape index (κ2) is 8.77. The summed E-state index contributed by atoms with van der Waals surface area (Å²) in [5, 5.41) is 10.9. The van der Waals surface area contributed by atoms with Gasteiger partial charge in [-0.25, -0.2) is 9.97 Å². The smallest absolute Gasteiger partial charge is 0.269 e. The maximum Gasteiger partial charge on any atom is 0.269 e. The molecule has 0 bridgehead atoms. The first kappa shape index (κ1) is 19.7. The van der Waals surface area contributed by atoms with Gasteiger partial charge in [-0.2, -0.15) is 0 Å². The highest BCUT2D eigenvalue weighted by molar-refractivity contribution is 5.81. The summed E-state index contributed by atoms with van der Waals surface area (Å²) in [6.07, 6.45) is 2.58. The van der Waals surface area contributed by atoms with E-state index in [1.807, 2.05) is 22.8 Å². The molecule has 1 fully saturated rings. The summed E-state index contributed by atoms with van der Waals surface area (Å²) in [6.45, 7) is 6.70. The van der Waals surface area contributed by atoms with Gasteiger partial charge in [-0.3, -0.25) is 14.9 Å². The van der Waals surface area contributed by atoms with Crippen LogP contribution in [-0.4, -0.2) is 51.9 Å². The molecule has 0 radical (unpaired) electrons. The summed E-state index contributed by atoms with van der Waals surface area (Å²) in [5.41, 5.74) is 1.63. The van der Waals surface area contributed by atoms with Crippen LogP contribution in [-0.2, 0) is 11.2 Å². The molecule has 0 saturated carbocycles. The zero-order valence-corrected chi connectivity index (χ0v) is 16.3. The van der Waals surface area contributed by atoms with Crippen molar-refractivity contribution in [2.24, 2.45) is 0 Å². The number of benzene rings is 1. The van der Waals surface area contributed by atoms with Crippen LogP contribution in [0.4, 0.5) is 11.5 Å². The first-order chi connectivity index (χ1) is 13.5. The number of aromatic nitrogens is 2. The van der Waals surface area contributed by atoms with Crippen LogP contribution in [0.25, 0.3) is 11.4 Å². The molecule has 8 heteroatoms. The third kappa shape index (κ3) is 4.44. The SMILES string of the molecule is CCCN1CCCN(c2cc(CC)nc(-c3ccc([N+](=O)[O-])cc3)n2)CC1=O. The van der Waals surface area contributed by atoms with E-state index in [4.69, 9.17) is 0 Å². The van der Waals surface area contributed by atoms with Crippen LogP contribution in [0.15, 0.2) is 30.3 Å². The van der Waals surface area contributed by atoms with Gasteiger partial charge in [-0.15, -0.1) is 0 Å². The van der Waals surface area contributed by atoms with Crippen LogP contribution >= 0.6 is 0 Å². The lowest BCUT2D eigenvalue weighted by molar-refractivity contribution is -0.384. The molecule has 2 aromatic rings. The molecule has 1 aromatic carbocycles. The van der Waals surface area contributed by atoms with Gasteiger partial charge in [0, 0.05) is 49.1 Å². The van der Waals surface area contributed by atoms with E-state index in [0.717, 1.165) is 56.0 Å². The molecule has 1 saturated heterocycles. The molecule has 1 aromatic heterocycles. The molecular formula is C20H25N5O3. The molecule has 148 valence electrons. The molecule has 1 aliphatic rings. The number of aryl methyl sites for hydroxylation is 1. The molecule has 0 unspecified atom stereocenters. The topological polar surface area (TPSA) is 92.5 Å². The number of nitrogens with zero attached hydrogens (tertiary/aromatic N) is 5. The summed E-state index contributed by atoms with van der Waals surface area (Å²) in [5.74, 6) is 1.37. The number of rotatable bonds is 6. The Labute approximate surface area is 164 Å². The number of nitro groups is 1. The van der Waals surface area contributed by atoms with Crippen molar-refractivity contribution in [3.63, 3.8) is 0 Å². The van der Waals surface area contributed by atoms with E-state index < -0.39 is 4.92 Å². The summed E-state index contributed by atoms with van der Waals surface area (Å²) in [7, 11) is 0. The van der Waals surface area contributed by atoms with Gasteiger partial charge in [0.1, 0.15) is 5.82 Å². The fraction of sp³-hybridized carbons (Fsp3) is 0.450. The Morgan fingerprint density at radius 1 is 1.14 bits per heavy atom. The standard InChI is InChI=1S/C20H25N5O3/c1-3-10-23-11-5-12-24(14-19(23)26)18-13-16(4-2)21-20(22-18)15-6-8-17(9-7-15)25(27)28/h6-9,13H,3-5,10-12,14H2,1-2H3. The highest BCUT2D eigenvalue weighted by Gasteiger charge is 2.23. The first-order valence-corrected chi connectivity index (χ1v) is 9.67. The van der Waals surface area contributed by atoms with Crippen LogP contribution < -0.4 is 4.90 Å². The number of hydrogen-bond acceptors (Lipinski definition) is 6. The van der Waals surface area contributed by atoms with Gasteiger partial charge in [-0.05, 0) is 31.4 Å². The van der Waals surface area contributed by atoms with Crippen LogP contribution in [0.2, 0.25) is 0 Å². The molecule has 1 amide bonds. The van der Waals surface area contributed by atoms with Gasteiger partial charge >= 0.3 is 0 Å². The van der Waals surface area contributed by atoms with Gasteiger partial charge in [-0.1, -0.05) is 13.8 Å². The number of non-ortho nitro benzene ring substituents is 1. The van der Waals surface area contributed by atoms with Crippen molar-refractivity contribution in [2.75, 3.05) is 31.1 Å². The first-order valence-electron chi connectivity index (χ1n) is 9.67. The Bertz CT molecular complexity index is 853. The predicted molar refractivity (Wildman–Crippen MR) is 107 cm³/mol. The Morgan fingerprint density at radius 2 is 1.89 bits per heavy atom. The van der Waals surface area contributed by atoms with Gasteiger partial charge < -0.3 is 9.80 Å². The van der Waals surface area contributed by atoms with Crippen LogP contribution in [0, 0.1) is 10.1 Å². The molecule has 8 nitrogen and oxygen atoms in total. The number of anilines is 1. The minimum absolute atomic E-state index is 0.0322. The molecule has 0 spiro atoms. The third-order valence-corrected chi connectivity index (χ3v) is 4.82. The Hall–Kier alpha value is -3.03. The van der Waals surface area contributed by atoms with Crippen molar-refractivity contribution in [1.29, 1.82) is 0 Å². The fourth-order valence-electron chi connectivity index (χ4n) is 3.31. The van der Waals surface area contributed by atoms with Crippen molar-refractivity contribution >= 4 is 17.4 Å². The van der Waals surface area contributed by atoms with Gasteiger partial charge in [0.05, 0.1) is 11.5 Å². The fourth-order valence-corrected chi connectivity index (χ4v) is 3.31. The zero-order valence-electron chi connectivity index (χ0n) is 16.3. The lowest BCUT2D eigenvalue weighted by Gasteiger charge is -2.23.